The van der Waals surface area contributed by atoms with E-state index in [1.807, 2.05) is 6.07 Å². The lowest BCUT2D eigenvalue weighted by Crippen LogP contribution is -2.14. The molecule has 4 nitrogen and oxygen atoms in total. The van der Waals surface area contributed by atoms with Gasteiger partial charge in [-0.15, -0.1) is 0 Å². The van der Waals surface area contributed by atoms with Crippen LogP contribution in [-0.4, -0.2) is 11.1 Å². The minimum atomic E-state index is -0.801. The van der Waals surface area contributed by atoms with E-state index in [2.05, 4.69) is 4.98 Å². The van der Waals surface area contributed by atoms with Crippen molar-refractivity contribution < 1.29 is 14.3 Å². The van der Waals surface area contributed by atoms with E-state index in [-0.39, 0.29) is 5.88 Å². The van der Waals surface area contributed by atoms with Gasteiger partial charge in [0.25, 0.3) is 0 Å². The van der Waals surface area contributed by atoms with Gasteiger partial charge in [-0.1, -0.05) is 24.3 Å². The fraction of sp³-hybridized carbons (Fsp3) is 0. The lowest BCUT2D eigenvalue weighted by Gasteiger charge is -2.03. The molecule has 4 heteroatoms. The summed E-state index contributed by atoms with van der Waals surface area (Å²) in [6, 6.07) is 13.7. The van der Waals surface area contributed by atoms with E-state index in [4.69, 9.17) is 9.47 Å². The van der Waals surface area contributed by atoms with Gasteiger partial charge in [0.15, 0.2) is 0 Å². The second-order valence-corrected chi connectivity index (χ2v) is 2.94. The van der Waals surface area contributed by atoms with Crippen molar-refractivity contribution in [3.8, 4) is 11.6 Å². The van der Waals surface area contributed by atoms with Gasteiger partial charge in [-0.25, -0.2) is 9.78 Å². The highest BCUT2D eigenvalue weighted by Crippen LogP contribution is 2.10. The van der Waals surface area contributed by atoms with Crippen molar-refractivity contribution in [2.45, 2.75) is 0 Å². The molecular weight excluding hydrogens is 206 g/mol. The average Bonchev–Trinajstić information content (AvgIpc) is 2.31. The molecule has 0 N–H and O–H groups in total. The van der Waals surface area contributed by atoms with Crippen LogP contribution in [0.15, 0.2) is 54.7 Å². The first kappa shape index (κ1) is 10.2. The Hall–Kier alpha value is -2.36. The van der Waals surface area contributed by atoms with Gasteiger partial charge in [0.05, 0.1) is 0 Å². The Labute approximate surface area is 92.5 Å². The molecule has 0 spiro atoms. The maximum Gasteiger partial charge on any atom is 0.520 e. The summed E-state index contributed by atoms with van der Waals surface area (Å²) in [5, 5.41) is 0. The second-order valence-electron chi connectivity index (χ2n) is 2.94. The van der Waals surface area contributed by atoms with Crippen LogP contribution in [-0.2, 0) is 0 Å². The summed E-state index contributed by atoms with van der Waals surface area (Å²) in [6.45, 7) is 0. The quantitative estimate of drug-likeness (QED) is 0.570. The number of hydrogen-bond donors (Lipinski definition) is 0. The number of pyridine rings is 1. The third kappa shape index (κ3) is 2.81. The van der Waals surface area contributed by atoms with Gasteiger partial charge >= 0.3 is 6.16 Å². The van der Waals surface area contributed by atoms with E-state index in [1.165, 1.54) is 6.20 Å². The molecule has 0 saturated heterocycles. The Morgan fingerprint density at radius 2 is 1.69 bits per heavy atom. The van der Waals surface area contributed by atoms with E-state index >= 15 is 0 Å². The first-order valence-corrected chi connectivity index (χ1v) is 4.70. The molecule has 1 heterocycles. The molecule has 0 fully saturated rings. The summed E-state index contributed by atoms with van der Waals surface area (Å²) in [6.07, 6.45) is 0.732. The molecule has 2 rings (SSSR count). The molecular formula is C12H9NO3. The number of ether oxygens (including phenoxy) is 2. The topological polar surface area (TPSA) is 48.4 Å². The van der Waals surface area contributed by atoms with Gasteiger partial charge in [0.1, 0.15) is 5.75 Å². The van der Waals surface area contributed by atoms with Gasteiger partial charge in [-0.3, -0.25) is 0 Å². The Bertz CT molecular complexity index is 413. The lowest BCUT2D eigenvalue weighted by molar-refractivity contribution is 0.150. The summed E-state index contributed by atoms with van der Waals surface area (Å²) < 4.78 is 9.76. The highest BCUT2D eigenvalue weighted by Gasteiger charge is 2.07. The Balaban J connectivity index is 1.95. The van der Waals surface area contributed by atoms with Crippen molar-refractivity contribution in [3.05, 3.63) is 54.7 Å². The molecule has 0 unspecified atom stereocenters. The maximum absolute atomic E-state index is 11.3. The van der Waals surface area contributed by atoms with Gasteiger partial charge < -0.3 is 9.47 Å². The largest absolute Gasteiger partial charge is 0.520 e. The molecule has 1 aromatic carbocycles. The molecule has 0 aliphatic carbocycles. The smallest absolute Gasteiger partial charge is 0.395 e. The summed E-state index contributed by atoms with van der Waals surface area (Å²) in [7, 11) is 0. The summed E-state index contributed by atoms with van der Waals surface area (Å²) in [5.74, 6) is 0.645. The molecule has 80 valence electrons. The van der Waals surface area contributed by atoms with E-state index in [1.54, 1.807) is 42.5 Å². The Morgan fingerprint density at radius 3 is 2.38 bits per heavy atom. The van der Waals surface area contributed by atoms with E-state index in [0.29, 0.717) is 5.75 Å². The summed E-state index contributed by atoms with van der Waals surface area (Å²) in [5.41, 5.74) is 0. The van der Waals surface area contributed by atoms with Crippen molar-refractivity contribution in [1.82, 2.24) is 4.98 Å². The van der Waals surface area contributed by atoms with Crippen LogP contribution in [0.2, 0.25) is 0 Å². The van der Waals surface area contributed by atoms with Crippen LogP contribution in [0.1, 0.15) is 0 Å². The SMILES string of the molecule is O=C(Oc1ccccc1)Oc1ccccn1. The van der Waals surface area contributed by atoms with E-state index in [9.17, 15) is 4.79 Å². The van der Waals surface area contributed by atoms with Crippen LogP contribution in [0, 0.1) is 0 Å². The van der Waals surface area contributed by atoms with Gasteiger partial charge in [0.2, 0.25) is 5.88 Å². The Morgan fingerprint density at radius 1 is 0.938 bits per heavy atom. The first-order valence-electron chi connectivity index (χ1n) is 4.70. The number of para-hydroxylation sites is 1. The maximum atomic E-state index is 11.3. The Kier molecular flexibility index (Phi) is 3.13. The zero-order valence-electron chi connectivity index (χ0n) is 8.37. The molecule has 0 atom stereocenters. The van der Waals surface area contributed by atoms with E-state index in [0.717, 1.165) is 0 Å². The number of hydrogen-bond acceptors (Lipinski definition) is 4. The van der Waals surface area contributed by atoms with Crippen LogP contribution < -0.4 is 9.47 Å². The number of carbonyl (C=O) groups is 1. The molecule has 16 heavy (non-hydrogen) atoms. The van der Waals surface area contributed by atoms with Crippen LogP contribution in [0.3, 0.4) is 0 Å². The van der Waals surface area contributed by atoms with Crippen LogP contribution in [0.5, 0.6) is 11.6 Å². The van der Waals surface area contributed by atoms with E-state index < -0.39 is 6.16 Å². The van der Waals surface area contributed by atoms with Crippen LogP contribution >= 0.6 is 0 Å². The number of rotatable bonds is 2. The molecule has 0 bridgehead atoms. The average molecular weight is 215 g/mol. The number of benzene rings is 1. The predicted molar refractivity (Wildman–Crippen MR) is 57.3 cm³/mol. The summed E-state index contributed by atoms with van der Waals surface area (Å²) >= 11 is 0. The second kappa shape index (κ2) is 4.93. The normalized spacial score (nSPS) is 9.50. The van der Waals surface area contributed by atoms with Crippen molar-refractivity contribution in [2.24, 2.45) is 0 Å². The minimum absolute atomic E-state index is 0.212. The number of nitrogens with zero attached hydrogens (tertiary/aromatic N) is 1. The fourth-order valence-corrected chi connectivity index (χ4v) is 1.10. The minimum Gasteiger partial charge on any atom is -0.395 e. The number of carbonyl (C=O) groups excluding carboxylic acids is 1. The van der Waals surface area contributed by atoms with Gasteiger partial charge in [0, 0.05) is 12.3 Å². The highest BCUT2D eigenvalue weighted by atomic mass is 16.7. The first-order chi connectivity index (χ1) is 7.84. The zero-order valence-corrected chi connectivity index (χ0v) is 8.37. The van der Waals surface area contributed by atoms with Crippen molar-refractivity contribution in [1.29, 1.82) is 0 Å². The van der Waals surface area contributed by atoms with Gasteiger partial charge in [-0.05, 0) is 18.2 Å². The summed E-state index contributed by atoms with van der Waals surface area (Å²) in [4.78, 5) is 15.1. The van der Waals surface area contributed by atoms with Crippen molar-refractivity contribution >= 4 is 6.16 Å². The monoisotopic (exact) mass is 215 g/mol. The third-order valence-corrected chi connectivity index (χ3v) is 1.77. The molecule has 2 aromatic rings. The fourth-order valence-electron chi connectivity index (χ4n) is 1.10. The van der Waals surface area contributed by atoms with Crippen molar-refractivity contribution in [3.63, 3.8) is 0 Å². The predicted octanol–water partition coefficient (Wildman–Crippen LogP) is 2.66. The molecule has 0 aliphatic heterocycles. The third-order valence-electron chi connectivity index (χ3n) is 1.77. The standard InChI is InChI=1S/C12H9NO3/c14-12(15-10-6-2-1-3-7-10)16-11-8-4-5-9-13-11/h1-9H. The number of aromatic nitrogens is 1. The molecule has 0 amide bonds. The van der Waals surface area contributed by atoms with Gasteiger partial charge in [-0.2, -0.15) is 0 Å². The molecule has 1 aromatic heterocycles. The molecule has 0 saturated carbocycles. The molecule has 0 radical (unpaired) electrons. The van der Waals surface area contributed by atoms with Crippen LogP contribution in [0.4, 0.5) is 4.79 Å². The van der Waals surface area contributed by atoms with Crippen molar-refractivity contribution in [2.75, 3.05) is 0 Å². The lowest BCUT2D eigenvalue weighted by atomic mass is 10.3. The molecule has 0 aliphatic rings. The zero-order chi connectivity index (χ0) is 11.2. The van der Waals surface area contributed by atoms with Crippen LogP contribution in [0.25, 0.3) is 0 Å². The highest BCUT2D eigenvalue weighted by molar-refractivity contribution is 5.66.